The fourth-order valence-corrected chi connectivity index (χ4v) is 4.65. The Morgan fingerprint density at radius 1 is 1.03 bits per heavy atom. The van der Waals surface area contributed by atoms with Crippen molar-refractivity contribution in [1.29, 1.82) is 0 Å². The second-order valence-corrected chi connectivity index (χ2v) is 9.43. The lowest BCUT2D eigenvalue weighted by Gasteiger charge is -2.20. The third-order valence-corrected chi connectivity index (χ3v) is 6.52. The summed E-state index contributed by atoms with van der Waals surface area (Å²) < 4.78 is 5.38. The summed E-state index contributed by atoms with van der Waals surface area (Å²) in [4.78, 5) is 24.4. The van der Waals surface area contributed by atoms with Crippen molar-refractivity contribution in [3.05, 3.63) is 35.9 Å². The number of benzene rings is 1. The van der Waals surface area contributed by atoms with Crippen molar-refractivity contribution in [2.24, 2.45) is 5.92 Å². The highest BCUT2D eigenvalue weighted by atomic mass is 32.2. The lowest BCUT2D eigenvalue weighted by Crippen LogP contribution is -2.31. The van der Waals surface area contributed by atoms with Crippen molar-refractivity contribution in [1.82, 2.24) is 5.32 Å². The molecule has 0 saturated carbocycles. The molecule has 0 saturated heterocycles. The van der Waals surface area contributed by atoms with Crippen LogP contribution in [0.4, 0.5) is 0 Å². The Hall–Kier alpha value is -1.49. The molecule has 1 aromatic carbocycles. The summed E-state index contributed by atoms with van der Waals surface area (Å²) in [5.41, 5.74) is 1.01. The van der Waals surface area contributed by atoms with Gasteiger partial charge in [-0.25, -0.2) is 0 Å². The third kappa shape index (κ3) is 12.9. The Kier molecular flexibility index (Phi) is 15.2. The second kappa shape index (κ2) is 17.2. The van der Waals surface area contributed by atoms with Gasteiger partial charge < -0.3 is 10.1 Å². The van der Waals surface area contributed by atoms with Crippen molar-refractivity contribution in [2.75, 3.05) is 12.3 Å². The highest BCUT2D eigenvalue weighted by Crippen LogP contribution is 2.26. The third-order valence-electron chi connectivity index (χ3n) is 5.18. The minimum absolute atomic E-state index is 0.00999. The molecule has 30 heavy (non-hydrogen) atoms. The molecular formula is C25H41NO3S. The van der Waals surface area contributed by atoms with E-state index in [1.807, 2.05) is 49.0 Å². The minimum atomic E-state index is -0.152. The number of nitrogens with one attached hydrogen (secondary N) is 1. The first-order chi connectivity index (χ1) is 14.6. The first-order valence-electron chi connectivity index (χ1n) is 11.7. The zero-order valence-electron chi connectivity index (χ0n) is 19.2. The molecule has 0 aromatic heterocycles. The van der Waals surface area contributed by atoms with E-state index in [0.29, 0.717) is 18.3 Å². The topological polar surface area (TPSA) is 55.4 Å². The molecule has 2 atom stereocenters. The zero-order valence-corrected chi connectivity index (χ0v) is 20.0. The normalized spacial score (nSPS) is 12.9. The van der Waals surface area contributed by atoms with Crippen LogP contribution in [-0.4, -0.2) is 29.4 Å². The molecule has 0 aliphatic rings. The van der Waals surface area contributed by atoms with Crippen LogP contribution in [0.2, 0.25) is 0 Å². The Balaban J connectivity index is 2.35. The van der Waals surface area contributed by atoms with Gasteiger partial charge in [-0.3, -0.25) is 9.59 Å². The lowest BCUT2D eigenvalue weighted by molar-refractivity contribution is -0.144. The van der Waals surface area contributed by atoms with Gasteiger partial charge in [0.2, 0.25) is 5.91 Å². The van der Waals surface area contributed by atoms with Gasteiger partial charge in [0.25, 0.3) is 0 Å². The number of esters is 1. The van der Waals surface area contributed by atoms with Crippen LogP contribution in [0.15, 0.2) is 30.3 Å². The molecule has 1 amide bonds. The van der Waals surface area contributed by atoms with Gasteiger partial charge in [0.15, 0.2) is 0 Å². The van der Waals surface area contributed by atoms with Crippen molar-refractivity contribution in [3.63, 3.8) is 0 Å². The Morgan fingerprint density at radius 2 is 1.73 bits per heavy atom. The van der Waals surface area contributed by atoms with Gasteiger partial charge in [0.05, 0.1) is 6.42 Å². The maximum absolute atomic E-state index is 12.4. The lowest BCUT2D eigenvalue weighted by atomic mass is 10.0. The van der Waals surface area contributed by atoms with E-state index in [1.165, 1.54) is 19.3 Å². The van der Waals surface area contributed by atoms with Gasteiger partial charge in [-0.15, -0.1) is 0 Å². The molecule has 170 valence electrons. The number of hydrogen-bond donors (Lipinski definition) is 1. The molecule has 1 rings (SSSR count). The molecule has 0 radical (unpaired) electrons. The number of rotatable bonds is 17. The fourth-order valence-electron chi connectivity index (χ4n) is 3.27. The zero-order chi connectivity index (χ0) is 22.0. The van der Waals surface area contributed by atoms with E-state index in [-0.39, 0.29) is 17.8 Å². The van der Waals surface area contributed by atoms with Gasteiger partial charge >= 0.3 is 5.97 Å². The van der Waals surface area contributed by atoms with Crippen LogP contribution in [0.5, 0.6) is 0 Å². The molecule has 5 heteroatoms. The molecular weight excluding hydrogens is 394 g/mol. The van der Waals surface area contributed by atoms with Gasteiger partial charge in [-0.1, -0.05) is 83.2 Å². The summed E-state index contributed by atoms with van der Waals surface area (Å²) in [6.07, 6.45) is 9.34. The van der Waals surface area contributed by atoms with E-state index in [2.05, 4.69) is 19.2 Å². The number of carbonyl (C=O) groups is 2. The van der Waals surface area contributed by atoms with Crippen LogP contribution in [-0.2, 0) is 20.9 Å². The summed E-state index contributed by atoms with van der Waals surface area (Å²) in [5.74, 6) is 0.764. The van der Waals surface area contributed by atoms with E-state index >= 15 is 0 Å². The molecule has 0 bridgehead atoms. The predicted molar refractivity (Wildman–Crippen MR) is 128 cm³/mol. The maximum atomic E-state index is 12.4. The SMILES string of the molecule is CCCCCNC(=O)C(C)CC(CCCCC)SCCC(=O)OCc1ccccc1. The van der Waals surface area contributed by atoms with Gasteiger partial charge in [-0.2, -0.15) is 11.8 Å². The number of amides is 1. The summed E-state index contributed by atoms with van der Waals surface area (Å²) in [6.45, 7) is 7.51. The first-order valence-corrected chi connectivity index (χ1v) is 12.7. The molecule has 0 aliphatic heterocycles. The van der Waals surface area contributed by atoms with Crippen LogP contribution in [0.1, 0.15) is 84.1 Å². The Bertz CT molecular complexity index is 579. The van der Waals surface area contributed by atoms with Gasteiger partial charge in [0.1, 0.15) is 6.61 Å². The first kappa shape index (κ1) is 26.5. The smallest absolute Gasteiger partial charge is 0.306 e. The summed E-state index contributed by atoms with van der Waals surface area (Å²) in [6, 6.07) is 9.76. The Morgan fingerprint density at radius 3 is 2.43 bits per heavy atom. The molecule has 2 unspecified atom stereocenters. The number of thioether (sulfide) groups is 1. The molecule has 0 spiro atoms. The maximum Gasteiger partial charge on any atom is 0.306 e. The highest BCUT2D eigenvalue weighted by Gasteiger charge is 2.19. The fraction of sp³-hybridized carbons (Fsp3) is 0.680. The molecule has 1 N–H and O–H groups in total. The largest absolute Gasteiger partial charge is 0.461 e. The number of hydrogen-bond acceptors (Lipinski definition) is 4. The van der Waals surface area contributed by atoms with E-state index in [1.54, 1.807) is 0 Å². The number of unbranched alkanes of at least 4 members (excludes halogenated alkanes) is 4. The predicted octanol–water partition coefficient (Wildman–Crippen LogP) is 6.13. The van der Waals surface area contributed by atoms with E-state index in [4.69, 9.17) is 4.74 Å². The van der Waals surface area contributed by atoms with Gasteiger partial charge in [-0.05, 0) is 24.8 Å². The van der Waals surface area contributed by atoms with E-state index in [9.17, 15) is 9.59 Å². The van der Waals surface area contributed by atoms with E-state index in [0.717, 1.165) is 50.0 Å². The van der Waals surface area contributed by atoms with Crippen LogP contribution in [0.25, 0.3) is 0 Å². The minimum Gasteiger partial charge on any atom is -0.461 e. The standard InChI is InChI=1S/C25H41NO3S/c1-4-6-9-15-23(19-21(3)25(28)26-17-12-7-5-2)30-18-16-24(27)29-20-22-13-10-8-11-14-22/h8,10-11,13-14,21,23H,4-7,9,12,15-20H2,1-3H3,(H,26,28). The summed E-state index contributed by atoms with van der Waals surface area (Å²) in [7, 11) is 0. The van der Waals surface area contributed by atoms with Crippen molar-refractivity contribution in [2.45, 2.75) is 90.4 Å². The Labute approximate surface area is 187 Å². The molecule has 0 aliphatic carbocycles. The number of ether oxygens (including phenoxy) is 1. The average Bonchev–Trinajstić information content (AvgIpc) is 2.75. The van der Waals surface area contributed by atoms with Crippen molar-refractivity contribution in [3.8, 4) is 0 Å². The quantitative estimate of drug-likeness (QED) is 0.236. The number of carbonyl (C=O) groups excluding carboxylic acids is 2. The molecule has 4 nitrogen and oxygen atoms in total. The van der Waals surface area contributed by atoms with Crippen LogP contribution in [0, 0.1) is 5.92 Å². The van der Waals surface area contributed by atoms with Crippen molar-refractivity contribution < 1.29 is 14.3 Å². The van der Waals surface area contributed by atoms with Gasteiger partial charge in [0, 0.05) is 23.5 Å². The summed E-state index contributed by atoms with van der Waals surface area (Å²) >= 11 is 1.82. The van der Waals surface area contributed by atoms with Crippen LogP contribution in [0.3, 0.4) is 0 Å². The molecule has 1 aromatic rings. The van der Waals surface area contributed by atoms with E-state index < -0.39 is 0 Å². The average molecular weight is 436 g/mol. The molecule has 0 fully saturated rings. The highest BCUT2D eigenvalue weighted by molar-refractivity contribution is 7.99. The molecule has 0 heterocycles. The van der Waals surface area contributed by atoms with Crippen LogP contribution < -0.4 is 5.32 Å². The monoisotopic (exact) mass is 435 g/mol. The second-order valence-electron chi connectivity index (χ2n) is 8.02. The van der Waals surface area contributed by atoms with Crippen molar-refractivity contribution >= 4 is 23.6 Å². The summed E-state index contributed by atoms with van der Waals surface area (Å²) in [5, 5.41) is 3.49. The van der Waals surface area contributed by atoms with Crippen LogP contribution >= 0.6 is 11.8 Å².